The third kappa shape index (κ3) is 8.47. The number of carbonyl (C=O) groups excluding carboxylic acids is 1. The summed E-state index contributed by atoms with van der Waals surface area (Å²) >= 11 is 0. The van der Waals surface area contributed by atoms with Crippen molar-refractivity contribution in [2.75, 3.05) is 55.7 Å². The van der Waals surface area contributed by atoms with E-state index < -0.39 is 54.9 Å². The van der Waals surface area contributed by atoms with E-state index in [9.17, 15) is 33.0 Å². The second kappa shape index (κ2) is 17.3. The summed E-state index contributed by atoms with van der Waals surface area (Å²) < 4.78 is 78.1. The number of hydrogen-bond donors (Lipinski definition) is 2. The van der Waals surface area contributed by atoms with Gasteiger partial charge in [0.25, 0.3) is 20.0 Å². The zero-order valence-electron chi connectivity index (χ0n) is 35.1. The van der Waals surface area contributed by atoms with Gasteiger partial charge in [0.05, 0.1) is 48.6 Å². The smallest absolute Gasteiger partial charge is 0.331 e. The molecule has 0 saturated carbocycles. The van der Waals surface area contributed by atoms with Gasteiger partial charge < -0.3 is 29.3 Å². The van der Waals surface area contributed by atoms with Crippen molar-refractivity contribution in [2.24, 2.45) is 10.8 Å². The molecule has 1 saturated heterocycles. The number of aliphatic carboxylic acids is 2. The van der Waals surface area contributed by atoms with Crippen LogP contribution in [0.2, 0.25) is 0 Å². The first-order chi connectivity index (χ1) is 28.0. The first-order valence-electron chi connectivity index (χ1n) is 19.3. The molecule has 60 heavy (non-hydrogen) atoms. The van der Waals surface area contributed by atoms with E-state index in [0.717, 1.165) is 8.61 Å². The zero-order valence-corrected chi connectivity index (χ0v) is 36.7. The third-order valence-electron chi connectivity index (χ3n) is 10.8. The number of methoxy groups -OCH3 is 2. The number of aryl methyl sites for hydroxylation is 1. The molecule has 1 fully saturated rings. The number of fused-ring (bicyclic) bond motifs is 1. The normalized spacial score (nSPS) is 14.1. The van der Waals surface area contributed by atoms with E-state index in [1.165, 1.54) is 80.9 Å². The molecule has 4 aromatic carbocycles. The number of ether oxygens (including phenoxy) is 3. The molecular weight excluding hydrogens is 815 g/mol. The van der Waals surface area contributed by atoms with Gasteiger partial charge in [-0.25, -0.2) is 25.9 Å². The largest absolute Gasteiger partial charge is 0.497 e. The summed E-state index contributed by atoms with van der Waals surface area (Å²) in [6, 6.07) is 18.5. The number of carboxylic acid groups (broad SMARTS) is 2. The summed E-state index contributed by atoms with van der Waals surface area (Å²) in [6.07, 6.45) is -0.401. The van der Waals surface area contributed by atoms with Gasteiger partial charge >= 0.3 is 11.9 Å². The van der Waals surface area contributed by atoms with Gasteiger partial charge in [-0.05, 0) is 77.4 Å². The zero-order chi connectivity index (χ0) is 44.4. The quantitative estimate of drug-likeness (QED) is 0.141. The Labute approximate surface area is 351 Å². The van der Waals surface area contributed by atoms with Crippen LogP contribution in [0, 0.1) is 10.8 Å². The highest BCUT2D eigenvalue weighted by atomic mass is 32.2. The maximum Gasteiger partial charge on any atom is 0.331 e. The molecule has 4 aromatic rings. The van der Waals surface area contributed by atoms with Crippen LogP contribution in [0.4, 0.5) is 11.4 Å². The summed E-state index contributed by atoms with van der Waals surface area (Å²) in [6.45, 7) is 10.0. The molecule has 1 aliphatic rings. The van der Waals surface area contributed by atoms with E-state index in [2.05, 4.69) is 0 Å². The standard InChI is InChI=1S/C43H53N3O12S2/c1-41(2,3)43(40(50)51,42(4,5)6)46(60(54,55)33-20-16-31(57-8)17-21-33)39-29(13-22-37(47)44-23-25-58-26-24-44)27-36(34-11-9-10-12-35(34)39)45(28-38(48)49)59(52,53)32-18-14-30(56-7)15-19-32/h9-12,14-21,27H,13,22-26,28H2,1-8H3,(H,48,49)(H,50,51). The SMILES string of the molecule is COc1ccc(S(=O)(=O)N(CC(=O)O)c2cc(CCC(=O)N3CCOCC3)c(N(C(C(=O)O)(C(C)(C)C)C(C)(C)C)S(=O)(=O)c3ccc(OC)cc3)c3ccccc23)cc1. The number of rotatable bonds is 15. The molecule has 0 bridgehead atoms. The van der Waals surface area contributed by atoms with Crippen molar-refractivity contribution in [1.29, 1.82) is 0 Å². The number of amides is 1. The van der Waals surface area contributed by atoms with Gasteiger partial charge in [0, 0.05) is 30.3 Å². The highest BCUT2D eigenvalue weighted by Crippen LogP contribution is 2.55. The second-order valence-corrected chi connectivity index (χ2v) is 20.1. The van der Waals surface area contributed by atoms with Crippen LogP contribution in [0.3, 0.4) is 0 Å². The number of nitrogens with zero attached hydrogens (tertiary/aromatic N) is 3. The van der Waals surface area contributed by atoms with Crippen molar-refractivity contribution < 1.29 is 55.6 Å². The molecular formula is C43H53N3O12S2. The molecule has 0 radical (unpaired) electrons. The lowest BCUT2D eigenvalue weighted by Crippen LogP contribution is -2.71. The average Bonchev–Trinajstić information content (AvgIpc) is 3.19. The highest BCUT2D eigenvalue weighted by molar-refractivity contribution is 7.93. The molecule has 2 N–H and O–H groups in total. The molecule has 0 atom stereocenters. The minimum Gasteiger partial charge on any atom is -0.497 e. The summed E-state index contributed by atoms with van der Waals surface area (Å²) in [5.74, 6) is -2.53. The topological polar surface area (TPSA) is 197 Å². The van der Waals surface area contributed by atoms with Gasteiger partial charge in [-0.1, -0.05) is 65.8 Å². The van der Waals surface area contributed by atoms with Gasteiger partial charge in [0.2, 0.25) is 5.91 Å². The first kappa shape index (κ1) is 45.7. The fraction of sp³-hybridized carbons (Fsp3) is 0.419. The first-order valence-corrected chi connectivity index (χ1v) is 22.1. The number of hydrogen-bond acceptors (Lipinski definition) is 10. The summed E-state index contributed by atoms with van der Waals surface area (Å²) in [4.78, 5) is 41.8. The maximum atomic E-state index is 15.7. The molecule has 0 aliphatic carbocycles. The molecule has 0 aromatic heterocycles. The number of carboxylic acids is 2. The lowest BCUT2D eigenvalue weighted by molar-refractivity contribution is -0.153. The average molecular weight is 868 g/mol. The van der Waals surface area contributed by atoms with E-state index in [1.54, 1.807) is 58.6 Å². The molecule has 5 rings (SSSR count). The number of benzene rings is 4. The highest BCUT2D eigenvalue weighted by Gasteiger charge is 2.65. The number of morpholine rings is 1. The van der Waals surface area contributed by atoms with Gasteiger partial charge in [-0.3, -0.25) is 13.9 Å². The van der Waals surface area contributed by atoms with Crippen molar-refractivity contribution in [3.63, 3.8) is 0 Å². The third-order valence-corrected chi connectivity index (χ3v) is 14.4. The minimum absolute atomic E-state index is 0.0850. The van der Waals surface area contributed by atoms with Crippen LogP contribution in [0.15, 0.2) is 88.7 Å². The fourth-order valence-corrected chi connectivity index (χ4v) is 11.9. The van der Waals surface area contributed by atoms with Crippen LogP contribution in [0.1, 0.15) is 53.5 Å². The molecule has 1 amide bonds. The predicted octanol–water partition coefficient (Wildman–Crippen LogP) is 6.04. The Morgan fingerprint density at radius 3 is 1.67 bits per heavy atom. The Bertz CT molecular complexity index is 2440. The van der Waals surface area contributed by atoms with Crippen molar-refractivity contribution in [2.45, 2.75) is 69.7 Å². The Balaban J connectivity index is 1.97. The molecule has 15 nitrogen and oxygen atoms in total. The Kier molecular flexibility index (Phi) is 13.2. The lowest BCUT2D eigenvalue weighted by atomic mass is 9.59. The molecule has 0 spiro atoms. The van der Waals surface area contributed by atoms with Crippen molar-refractivity contribution in [3.8, 4) is 11.5 Å². The van der Waals surface area contributed by atoms with Crippen molar-refractivity contribution >= 4 is 60.0 Å². The predicted molar refractivity (Wildman–Crippen MR) is 227 cm³/mol. The second-order valence-electron chi connectivity index (χ2n) is 16.5. The van der Waals surface area contributed by atoms with E-state index in [4.69, 9.17) is 14.2 Å². The number of carbonyl (C=O) groups is 3. The van der Waals surface area contributed by atoms with Crippen LogP contribution >= 0.6 is 0 Å². The van der Waals surface area contributed by atoms with E-state index in [0.29, 0.717) is 37.8 Å². The monoisotopic (exact) mass is 867 g/mol. The van der Waals surface area contributed by atoms with Gasteiger partial charge in [-0.2, -0.15) is 0 Å². The Morgan fingerprint density at radius 1 is 0.733 bits per heavy atom. The van der Waals surface area contributed by atoms with Crippen LogP contribution in [-0.4, -0.2) is 102 Å². The van der Waals surface area contributed by atoms with Gasteiger partial charge in [-0.15, -0.1) is 0 Å². The lowest BCUT2D eigenvalue weighted by Gasteiger charge is -2.56. The van der Waals surface area contributed by atoms with Crippen LogP contribution < -0.4 is 18.1 Å². The fourth-order valence-electron chi connectivity index (χ4n) is 8.33. The summed E-state index contributed by atoms with van der Waals surface area (Å²) in [5, 5.41) is 22.0. The molecule has 0 unspecified atom stereocenters. The summed E-state index contributed by atoms with van der Waals surface area (Å²) in [7, 11) is -6.73. The molecule has 324 valence electrons. The van der Waals surface area contributed by atoms with Crippen LogP contribution in [0.25, 0.3) is 10.8 Å². The number of sulfonamides is 2. The van der Waals surface area contributed by atoms with E-state index in [1.807, 2.05) is 0 Å². The van der Waals surface area contributed by atoms with E-state index in [-0.39, 0.29) is 56.3 Å². The van der Waals surface area contributed by atoms with Gasteiger partial charge in [0.15, 0.2) is 5.54 Å². The maximum absolute atomic E-state index is 15.7. The van der Waals surface area contributed by atoms with Crippen molar-refractivity contribution in [1.82, 2.24) is 4.90 Å². The van der Waals surface area contributed by atoms with Crippen LogP contribution in [-0.2, 0) is 45.6 Å². The Morgan fingerprint density at radius 2 is 1.22 bits per heavy atom. The minimum atomic E-state index is -4.90. The van der Waals surface area contributed by atoms with Gasteiger partial charge in [0.1, 0.15) is 18.0 Å². The van der Waals surface area contributed by atoms with E-state index >= 15 is 8.42 Å². The van der Waals surface area contributed by atoms with Crippen LogP contribution in [0.5, 0.6) is 11.5 Å². The van der Waals surface area contributed by atoms with Crippen molar-refractivity contribution in [3.05, 3.63) is 84.4 Å². The Hall–Kier alpha value is -5.39. The molecule has 17 heteroatoms. The summed E-state index contributed by atoms with van der Waals surface area (Å²) in [5.41, 5.74) is -5.15. The molecule has 1 heterocycles. The number of anilines is 2. The molecule has 1 aliphatic heterocycles.